The van der Waals surface area contributed by atoms with E-state index in [-0.39, 0.29) is 18.3 Å². The van der Waals surface area contributed by atoms with Crippen molar-refractivity contribution in [2.45, 2.75) is 25.3 Å². The first-order chi connectivity index (χ1) is 9.55. The highest BCUT2D eigenvalue weighted by molar-refractivity contribution is 5.81. The van der Waals surface area contributed by atoms with Crippen molar-refractivity contribution in [3.05, 3.63) is 30.1 Å². The van der Waals surface area contributed by atoms with Gasteiger partial charge in [-0.1, -0.05) is 12.1 Å². The van der Waals surface area contributed by atoms with Crippen LogP contribution >= 0.6 is 0 Å². The Morgan fingerprint density at radius 2 is 2.15 bits per heavy atom. The number of benzene rings is 1. The van der Waals surface area contributed by atoms with Gasteiger partial charge in [0.1, 0.15) is 11.4 Å². The second-order valence-electron chi connectivity index (χ2n) is 5.27. The molecule has 2 N–H and O–H groups in total. The first kappa shape index (κ1) is 14.8. The molecule has 5 heteroatoms. The van der Waals surface area contributed by atoms with Crippen LogP contribution in [0.1, 0.15) is 19.8 Å². The number of rotatable bonds is 7. The van der Waals surface area contributed by atoms with E-state index in [4.69, 9.17) is 0 Å². The summed E-state index contributed by atoms with van der Waals surface area (Å²) in [5.74, 6) is -1.07. The van der Waals surface area contributed by atoms with Crippen LogP contribution in [0.4, 0.5) is 10.1 Å². The Balaban J connectivity index is 2.28. The van der Waals surface area contributed by atoms with E-state index in [2.05, 4.69) is 5.32 Å². The van der Waals surface area contributed by atoms with Crippen LogP contribution in [0.5, 0.6) is 0 Å². The second kappa shape index (κ2) is 5.79. The minimum absolute atomic E-state index is 0.117. The number of hydrogen-bond donors (Lipinski definition) is 2. The van der Waals surface area contributed by atoms with Crippen molar-refractivity contribution in [3.8, 4) is 0 Å². The van der Waals surface area contributed by atoms with Crippen molar-refractivity contribution < 1.29 is 14.3 Å². The molecule has 1 saturated carbocycles. The lowest BCUT2D eigenvalue weighted by atomic mass is 9.92. The molecule has 0 amide bonds. The van der Waals surface area contributed by atoms with E-state index in [1.165, 1.54) is 6.07 Å². The summed E-state index contributed by atoms with van der Waals surface area (Å²) in [4.78, 5) is 13.5. The third-order valence-electron chi connectivity index (χ3n) is 4.12. The Labute approximate surface area is 118 Å². The first-order valence-electron chi connectivity index (χ1n) is 6.97. The Hall–Kier alpha value is -1.62. The van der Waals surface area contributed by atoms with Crippen molar-refractivity contribution in [2.75, 3.05) is 25.0 Å². The number of nitrogens with zero attached hydrogens (tertiary/aromatic N) is 1. The zero-order valence-corrected chi connectivity index (χ0v) is 11.9. The van der Waals surface area contributed by atoms with Gasteiger partial charge in [-0.3, -0.25) is 4.79 Å². The van der Waals surface area contributed by atoms with Gasteiger partial charge in [0.2, 0.25) is 0 Å². The Morgan fingerprint density at radius 3 is 2.60 bits per heavy atom. The Morgan fingerprint density at radius 1 is 1.50 bits per heavy atom. The van der Waals surface area contributed by atoms with Crippen LogP contribution in [-0.4, -0.2) is 36.8 Å². The largest absolute Gasteiger partial charge is 0.480 e. The predicted molar refractivity (Wildman–Crippen MR) is 76.4 cm³/mol. The van der Waals surface area contributed by atoms with E-state index in [0.29, 0.717) is 12.2 Å². The fraction of sp³-hybridized carbons (Fsp3) is 0.533. The highest BCUT2D eigenvalue weighted by atomic mass is 19.1. The van der Waals surface area contributed by atoms with Crippen LogP contribution in [0.3, 0.4) is 0 Å². The minimum Gasteiger partial charge on any atom is -0.480 e. The summed E-state index contributed by atoms with van der Waals surface area (Å²) < 4.78 is 13.9. The SMILES string of the molecule is CCN(CC(NC)(C(=O)O)C1CC1)c1ccccc1F. The molecule has 1 aromatic carbocycles. The molecule has 4 nitrogen and oxygen atoms in total. The van der Waals surface area contributed by atoms with Gasteiger partial charge in [0.25, 0.3) is 0 Å². The standard InChI is InChI=1S/C15H21FN2O2/c1-3-18(13-7-5-4-6-12(13)16)10-15(17-2,14(19)20)11-8-9-11/h4-7,11,17H,3,8-10H2,1-2H3,(H,19,20). The molecule has 0 saturated heterocycles. The number of hydrogen-bond acceptors (Lipinski definition) is 3. The van der Waals surface area contributed by atoms with Gasteiger partial charge >= 0.3 is 5.97 Å². The summed E-state index contributed by atoms with van der Waals surface area (Å²) in [6.07, 6.45) is 1.81. The fourth-order valence-corrected chi connectivity index (χ4v) is 2.71. The van der Waals surface area contributed by atoms with E-state index in [0.717, 1.165) is 12.8 Å². The lowest BCUT2D eigenvalue weighted by Crippen LogP contribution is -2.59. The van der Waals surface area contributed by atoms with Crippen molar-refractivity contribution in [3.63, 3.8) is 0 Å². The number of carboxylic acids is 1. The van der Waals surface area contributed by atoms with Gasteiger partial charge < -0.3 is 15.3 Å². The van der Waals surface area contributed by atoms with Crippen LogP contribution in [0, 0.1) is 11.7 Å². The zero-order chi connectivity index (χ0) is 14.8. The first-order valence-corrected chi connectivity index (χ1v) is 6.97. The topological polar surface area (TPSA) is 52.6 Å². The lowest BCUT2D eigenvalue weighted by Gasteiger charge is -2.36. The Kier molecular flexibility index (Phi) is 4.28. The molecular weight excluding hydrogens is 259 g/mol. The quantitative estimate of drug-likeness (QED) is 0.803. The van der Waals surface area contributed by atoms with Crippen molar-refractivity contribution in [1.29, 1.82) is 0 Å². The van der Waals surface area contributed by atoms with Crippen LogP contribution in [0.15, 0.2) is 24.3 Å². The van der Waals surface area contributed by atoms with E-state index < -0.39 is 11.5 Å². The highest BCUT2D eigenvalue weighted by Gasteiger charge is 2.51. The molecule has 0 heterocycles. The maximum absolute atomic E-state index is 13.9. The number of halogens is 1. The fourth-order valence-electron chi connectivity index (χ4n) is 2.71. The van der Waals surface area contributed by atoms with Crippen molar-refractivity contribution >= 4 is 11.7 Å². The van der Waals surface area contributed by atoms with Crippen LogP contribution in [-0.2, 0) is 4.79 Å². The van der Waals surface area contributed by atoms with E-state index in [9.17, 15) is 14.3 Å². The number of carboxylic acid groups (broad SMARTS) is 1. The van der Waals surface area contributed by atoms with Gasteiger partial charge in [-0.15, -0.1) is 0 Å². The third-order valence-corrected chi connectivity index (χ3v) is 4.12. The number of nitrogens with one attached hydrogen (secondary N) is 1. The normalized spacial score (nSPS) is 17.6. The molecule has 0 aromatic heterocycles. The molecule has 1 aliphatic rings. The Bertz CT molecular complexity index is 491. The molecular formula is C15H21FN2O2. The molecule has 1 unspecified atom stereocenters. The lowest BCUT2D eigenvalue weighted by molar-refractivity contribution is -0.145. The molecule has 20 heavy (non-hydrogen) atoms. The van der Waals surface area contributed by atoms with Crippen LogP contribution < -0.4 is 10.2 Å². The summed E-state index contributed by atoms with van der Waals surface area (Å²) in [7, 11) is 1.67. The van der Waals surface area contributed by atoms with Crippen molar-refractivity contribution in [1.82, 2.24) is 5.32 Å². The molecule has 1 atom stereocenters. The van der Waals surface area contributed by atoms with E-state index in [1.807, 2.05) is 6.92 Å². The van der Waals surface area contributed by atoms with E-state index in [1.54, 1.807) is 30.1 Å². The maximum Gasteiger partial charge on any atom is 0.326 e. The monoisotopic (exact) mass is 280 g/mol. The number of anilines is 1. The van der Waals surface area contributed by atoms with E-state index >= 15 is 0 Å². The van der Waals surface area contributed by atoms with Gasteiger partial charge in [-0.05, 0) is 44.9 Å². The van der Waals surface area contributed by atoms with Gasteiger partial charge in [0.05, 0.1) is 5.69 Å². The van der Waals surface area contributed by atoms with Crippen LogP contribution in [0.25, 0.3) is 0 Å². The molecule has 0 aliphatic heterocycles. The molecule has 1 fully saturated rings. The van der Waals surface area contributed by atoms with Crippen LogP contribution in [0.2, 0.25) is 0 Å². The molecule has 0 radical (unpaired) electrons. The zero-order valence-electron chi connectivity index (χ0n) is 11.9. The highest BCUT2D eigenvalue weighted by Crippen LogP contribution is 2.41. The average Bonchev–Trinajstić information content (AvgIpc) is 3.26. The summed E-state index contributed by atoms with van der Waals surface area (Å²) in [5.41, 5.74) is -0.547. The van der Waals surface area contributed by atoms with Crippen molar-refractivity contribution in [2.24, 2.45) is 5.92 Å². The number of para-hydroxylation sites is 1. The smallest absolute Gasteiger partial charge is 0.326 e. The predicted octanol–water partition coefficient (Wildman–Crippen LogP) is 2.10. The summed E-state index contributed by atoms with van der Waals surface area (Å²) >= 11 is 0. The molecule has 110 valence electrons. The second-order valence-corrected chi connectivity index (χ2v) is 5.27. The van der Waals surface area contributed by atoms with Gasteiger partial charge in [0, 0.05) is 13.1 Å². The summed E-state index contributed by atoms with van der Waals surface area (Å²) in [5, 5.41) is 12.6. The molecule has 1 aromatic rings. The molecule has 0 spiro atoms. The van der Waals surface area contributed by atoms with Gasteiger partial charge in [-0.2, -0.15) is 0 Å². The minimum atomic E-state index is -1.00. The maximum atomic E-state index is 13.9. The summed E-state index contributed by atoms with van der Waals surface area (Å²) in [6, 6.07) is 6.49. The number of aliphatic carboxylic acids is 1. The van der Waals surface area contributed by atoms with Gasteiger partial charge in [-0.25, -0.2) is 4.39 Å². The third kappa shape index (κ3) is 2.63. The van der Waals surface area contributed by atoms with Gasteiger partial charge in [0.15, 0.2) is 0 Å². The molecule has 1 aliphatic carbocycles. The molecule has 0 bridgehead atoms. The summed E-state index contributed by atoms with van der Waals surface area (Å²) in [6.45, 7) is 2.73. The number of carbonyl (C=O) groups is 1. The number of likely N-dealkylation sites (N-methyl/N-ethyl adjacent to an activating group) is 2. The average molecular weight is 280 g/mol. The molecule has 2 rings (SSSR count).